The van der Waals surface area contributed by atoms with Crippen molar-refractivity contribution in [1.29, 1.82) is 0 Å². The molecule has 1 aliphatic heterocycles. The van der Waals surface area contributed by atoms with E-state index < -0.39 is 10.2 Å². The van der Waals surface area contributed by atoms with Crippen molar-refractivity contribution in [3.63, 3.8) is 0 Å². The Labute approximate surface area is 127 Å². The summed E-state index contributed by atoms with van der Waals surface area (Å²) in [6, 6.07) is 9.02. The quantitative estimate of drug-likeness (QED) is 0.749. The van der Waals surface area contributed by atoms with Gasteiger partial charge in [0.1, 0.15) is 0 Å². The number of aromatic nitrogens is 1. The topological polar surface area (TPSA) is 117 Å². The maximum absolute atomic E-state index is 11.7. The van der Waals surface area contributed by atoms with Gasteiger partial charge in [0.15, 0.2) is 0 Å². The van der Waals surface area contributed by atoms with Gasteiger partial charge < -0.3 is 4.98 Å². The summed E-state index contributed by atoms with van der Waals surface area (Å²) in [5, 5.41) is 4.89. The monoisotopic (exact) mass is 318 g/mol. The highest BCUT2D eigenvalue weighted by molar-refractivity contribution is 7.87. The van der Waals surface area contributed by atoms with E-state index in [0.29, 0.717) is 5.71 Å². The molecule has 1 amide bonds. The van der Waals surface area contributed by atoms with Crippen molar-refractivity contribution < 1.29 is 13.2 Å². The zero-order chi connectivity index (χ0) is 15.7. The fraction of sp³-hybridized carbons (Fsp3) is 0.143. The number of rotatable bonds is 4. The van der Waals surface area contributed by atoms with Crippen molar-refractivity contribution in [2.75, 3.05) is 0 Å². The number of aromatic amines is 1. The number of hydrogen-bond donors (Lipinski definition) is 3. The lowest BCUT2D eigenvalue weighted by atomic mass is 9.98. The van der Waals surface area contributed by atoms with E-state index >= 15 is 0 Å². The Morgan fingerprint density at radius 2 is 1.95 bits per heavy atom. The van der Waals surface area contributed by atoms with Crippen molar-refractivity contribution in [2.45, 2.75) is 13.0 Å². The van der Waals surface area contributed by atoms with Gasteiger partial charge >= 0.3 is 0 Å². The van der Waals surface area contributed by atoms with Crippen molar-refractivity contribution in [3.05, 3.63) is 58.9 Å². The van der Waals surface area contributed by atoms with Crippen molar-refractivity contribution in [3.8, 4) is 0 Å². The molecule has 2 heterocycles. The van der Waals surface area contributed by atoms with Crippen LogP contribution >= 0.6 is 0 Å². The number of benzene rings is 1. The molecule has 1 aromatic carbocycles. The highest BCUT2D eigenvalue weighted by Crippen LogP contribution is 2.20. The van der Waals surface area contributed by atoms with Gasteiger partial charge in [0.2, 0.25) is 0 Å². The van der Waals surface area contributed by atoms with Crippen molar-refractivity contribution in [2.24, 2.45) is 10.1 Å². The molecule has 3 rings (SSSR count). The smallest absolute Gasteiger partial charge is 0.274 e. The predicted molar refractivity (Wildman–Crippen MR) is 81.5 cm³/mol. The number of amides is 1. The summed E-state index contributed by atoms with van der Waals surface area (Å²) in [7, 11) is -3.72. The molecule has 0 atom stereocenters. The van der Waals surface area contributed by atoms with Gasteiger partial charge in [0.05, 0.1) is 12.1 Å². The predicted octanol–water partition coefficient (Wildman–Crippen LogP) is 0.228. The first kappa shape index (κ1) is 14.6. The molecule has 0 aliphatic carbocycles. The molecule has 4 N–H and O–H groups in total. The molecule has 114 valence electrons. The van der Waals surface area contributed by atoms with Gasteiger partial charge in [-0.15, -0.1) is 0 Å². The van der Waals surface area contributed by atoms with Crippen LogP contribution in [0.3, 0.4) is 0 Å². The van der Waals surface area contributed by atoms with Gasteiger partial charge in [-0.25, -0.2) is 10.1 Å². The SMILES string of the molecule is NS(=O)(=O)NCc1ccc(C2=NC(=O)Cc3[nH]ccc32)cc1. The second kappa shape index (κ2) is 5.48. The highest BCUT2D eigenvalue weighted by atomic mass is 32.2. The summed E-state index contributed by atoms with van der Waals surface area (Å²) in [4.78, 5) is 18.8. The fourth-order valence-corrected chi connectivity index (χ4v) is 2.70. The van der Waals surface area contributed by atoms with E-state index in [-0.39, 0.29) is 18.9 Å². The second-order valence-corrected chi connectivity index (χ2v) is 6.34. The zero-order valence-corrected chi connectivity index (χ0v) is 12.4. The van der Waals surface area contributed by atoms with Gasteiger partial charge in [-0.3, -0.25) is 4.79 Å². The number of fused-ring (bicyclic) bond motifs is 1. The van der Waals surface area contributed by atoms with Gasteiger partial charge in [0.25, 0.3) is 16.1 Å². The third-order valence-electron chi connectivity index (χ3n) is 3.36. The summed E-state index contributed by atoms with van der Waals surface area (Å²) >= 11 is 0. The lowest BCUT2D eigenvalue weighted by molar-refractivity contribution is -0.117. The van der Waals surface area contributed by atoms with Gasteiger partial charge in [-0.05, 0) is 11.6 Å². The second-order valence-electron chi connectivity index (χ2n) is 4.96. The van der Waals surface area contributed by atoms with E-state index in [1.165, 1.54) is 0 Å². The number of nitrogens with zero attached hydrogens (tertiary/aromatic N) is 1. The minimum atomic E-state index is -3.72. The Morgan fingerprint density at radius 3 is 2.64 bits per heavy atom. The molecule has 1 aromatic heterocycles. The molecule has 7 nitrogen and oxygen atoms in total. The number of aliphatic imine (C=N–C) groups is 1. The van der Waals surface area contributed by atoms with Crippen LogP contribution in [0.5, 0.6) is 0 Å². The molecule has 22 heavy (non-hydrogen) atoms. The van der Waals surface area contributed by atoms with E-state index in [4.69, 9.17) is 5.14 Å². The number of carbonyl (C=O) groups excluding carboxylic acids is 1. The fourth-order valence-electron chi connectivity index (χ4n) is 2.33. The average Bonchev–Trinajstić information content (AvgIpc) is 2.92. The van der Waals surface area contributed by atoms with Gasteiger partial charge in [-0.2, -0.15) is 13.1 Å². The zero-order valence-electron chi connectivity index (χ0n) is 11.5. The van der Waals surface area contributed by atoms with Crippen LogP contribution in [0, 0.1) is 0 Å². The van der Waals surface area contributed by atoms with Crippen molar-refractivity contribution >= 4 is 21.8 Å². The molecule has 0 spiro atoms. The summed E-state index contributed by atoms with van der Waals surface area (Å²) in [5.74, 6) is -0.190. The molecule has 2 aromatic rings. The Hall–Kier alpha value is -2.29. The largest absolute Gasteiger partial charge is 0.364 e. The van der Waals surface area contributed by atoms with E-state index in [1.807, 2.05) is 6.07 Å². The van der Waals surface area contributed by atoms with Crippen LogP contribution in [0.2, 0.25) is 0 Å². The van der Waals surface area contributed by atoms with Crippen LogP contribution in [-0.2, 0) is 28.0 Å². The lowest BCUT2D eigenvalue weighted by Crippen LogP contribution is -2.30. The maximum Gasteiger partial charge on any atom is 0.274 e. The minimum absolute atomic E-state index is 0.111. The normalized spacial score (nSPS) is 14.6. The van der Waals surface area contributed by atoms with E-state index in [2.05, 4.69) is 14.7 Å². The average molecular weight is 318 g/mol. The molecule has 0 saturated heterocycles. The van der Waals surface area contributed by atoms with Crippen LogP contribution in [0.4, 0.5) is 0 Å². The highest BCUT2D eigenvalue weighted by Gasteiger charge is 2.21. The summed E-state index contributed by atoms with van der Waals surface area (Å²) < 4.78 is 24.0. The molecule has 0 fully saturated rings. The van der Waals surface area contributed by atoms with E-state index in [1.54, 1.807) is 30.5 Å². The number of nitrogens with one attached hydrogen (secondary N) is 2. The molecule has 0 radical (unpaired) electrons. The third kappa shape index (κ3) is 3.14. The van der Waals surface area contributed by atoms with Gasteiger partial charge in [0, 0.05) is 29.6 Å². The summed E-state index contributed by atoms with van der Waals surface area (Å²) in [6.45, 7) is 0.111. The van der Waals surface area contributed by atoms with E-state index in [0.717, 1.165) is 22.4 Å². The Kier molecular flexibility index (Phi) is 3.65. The first-order chi connectivity index (χ1) is 10.4. The first-order valence-corrected chi connectivity index (χ1v) is 8.12. The minimum Gasteiger partial charge on any atom is -0.364 e. The molecule has 0 unspecified atom stereocenters. The van der Waals surface area contributed by atoms with E-state index in [9.17, 15) is 13.2 Å². The molecular weight excluding hydrogens is 304 g/mol. The van der Waals surface area contributed by atoms with Gasteiger partial charge in [-0.1, -0.05) is 24.3 Å². The number of nitrogens with two attached hydrogens (primary N) is 1. The molecule has 0 saturated carbocycles. The van der Waals surface area contributed by atoms with Crippen LogP contribution in [0.1, 0.15) is 22.4 Å². The summed E-state index contributed by atoms with van der Waals surface area (Å²) in [5.41, 5.74) is 3.95. The summed E-state index contributed by atoms with van der Waals surface area (Å²) in [6.07, 6.45) is 2.06. The number of hydrogen-bond acceptors (Lipinski definition) is 3. The maximum atomic E-state index is 11.7. The standard InChI is InChI=1S/C14H14N4O3S/c15-22(20,21)17-8-9-1-3-10(4-2-9)14-11-5-6-16-12(11)7-13(19)18-14/h1-6,16-17H,7-8H2,(H2,15,20,21). The Bertz CT molecular complexity index is 850. The Balaban J connectivity index is 1.86. The van der Waals surface area contributed by atoms with Crippen molar-refractivity contribution in [1.82, 2.24) is 9.71 Å². The molecule has 8 heteroatoms. The van der Waals surface area contributed by atoms with Crippen LogP contribution in [0.25, 0.3) is 0 Å². The van der Waals surface area contributed by atoms with Crippen LogP contribution < -0.4 is 9.86 Å². The lowest BCUT2D eigenvalue weighted by Gasteiger charge is -2.13. The van der Waals surface area contributed by atoms with Crippen LogP contribution in [-0.4, -0.2) is 25.0 Å². The van der Waals surface area contributed by atoms with Crippen LogP contribution in [0.15, 0.2) is 41.5 Å². The number of H-pyrrole nitrogens is 1. The third-order valence-corrected chi connectivity index (χ3v) is 3.90. The first-order valence-electron chi connectivity index (χ1n) is 6.57. The molecule has 0 bridgehead atoms. The number of carbonyl (C=O) groups is 1. The molecule has 1 aliphatic rings. The Morgan fingerprint density at radius 1 is 1.23 bits per heavy atom. The molecular formula is C14H14N4O3S.